The summed E-state index contributed by atoms with van der Waals surface area (Å²) in [7, 11) is 0. The van der Waals surface area contributed by atoms with Gasteiger partial charge in [-0.15, -0.1) is 0 Å². The molecule has 17 heavy (non-hydrogen) atoms. The second-order valence-corrected chi connectivity index (χ2v) is 5.29. The monoisotopic (exact) mass is 264 g/mol. The number of thiophene rings is 1. The molecule has 88 valence electrons. The molecule has 0 N–H and O–H groups in total. The maximum Gasteiger partial charge on any atom is 0.163 e. The van der Waals surface area contributed by atoms with Crippen molar-refractivity contribution >= 4 is 28.7 Å². The molecule has 0 atom stereocenters. The summed E-state index contributed by atoms with van der Waals surface area (Å²) in [4.78, 5) is 12.0. The molecule has 0 saturated heterocycles. The van der Waals surface area contributed by atoms with E-state index in [0.717, 1.165) is 12.0 Å². The van der Waals surface area contributed by atoms with Crippen LogP contribution in [0.3, 0.4) is 0 Å². The van der Waals surface area contributed by atoms with Gasteiger partial charge in [-0.3, -0.25) is 4.79 Å². The van der Waals surface area contributed by atoms with Crippen LogP contribution in [-0.4, -0.2) is 5.78 Å². The van der Waals surface area contributed by atoms with Crippen molar-refractivity contribution in [2.45, 2.75) is 19.8 Å². The van der Waals surface area contributed by atoms with Crippen LogP contribution >= 0.6 is 22.9 Å². The lowest BCUT2D eigenvalue weighted by molar-refractivity contribution is 0.0983. The largest absolute Gasteiger partial charge is 0.294 e. The number of Topliss-reactive ketones (excluding diaryl/α,β-unsaturated/α-hetero) is 1. The van der Waals surface area contributed by atoms with Gasteiger partial charge in [0.15, 0.2) is 5.78 Å². The van der Waals surface area contributed by atoms with Gasteiger partial charge in [0.2, 0.25) is 0 Å². The van der Waals surface area contributed by atoms with Crippen molar-refractivity contribution in [1.29, 1.82) is 0 Å². The van der Waals surface area contributed by atoms with Crippen LogP contribution in [0.2, 0.25) is 5.02 Å². The molecular weight excluding hydrogens is 252 g/mol. The second kappa shape index (κ2) is 5.48. The maximum atomic E-state index is 12.0. The lowest BCUT2D eigenvalue weighted by atomic mass is 10.0. The molecule has 2 rings (SSSR count). The Labute approximate surface area is 110 Å². The van der Waals surface area contributed by atoms with Crippen LogP contribution < -0.4 is 0 Å². The van der Waals surface area contributed by atoms with E-state index >= 15 is 0 Å². The summed E-state index contributed by atoms with van der Waals surface area (Å²) in [5, 5.41) is 4.74. The minimum absolute atomic E-state index is 0.154. The van der Waals surface area contributed by atoms with Gasteiger partial charge in [-0.05, 0) is 59.5 Å². The molecular formula is C14H13ClOS. The summed E-state index contributed by atoms with van der Waals surface area (Å²) in [5.74, 6) is 0.154. The van der Waals surface area contributed by atoms with Gasteiger partial charge in [-0.1, -0.05) is 11.6 Å². The maximum absolute atomic E-state index is 12.0. The zero-order chi connectivity index (χ0) is 12.3. The van der Waals surface area contributed by atoms with Crippen LogP contribution in [0.1, 0.15) is 27.9 Å². The fraction of sp³-hybridized carbons (Fsp3) is 0.214. The Morgan fingerprint density at radius 3 is 2.82 bits per heavy atom. The normalized spacial score (nSPS) is 10.5. The Morgan fingerprint density at radius 2 is 2.18 bits per heavy atom. The first-order valence-corrected chi connectivity index (χ1v) is 6.79. The van der Waals surface area contributed by atoms with Gasteiger partial charge < -0.3 is 0 Å². The minimum atomic E-state index is 0.154. The molecule has 1 aromatic heterocycles. The van der Waals surface area contributed by atoms with Crippen LogP contribution in [0.5, 0.6) is 0 Å². The van der Waals surface area contributed by atoms with Crippen LogP contribution in [-0.2, 0) is 6.42 Å². The van der Waals surface area contributed by atoms with Gasteiger partial charge >= 0.3 is 0 Å². The fourth-order valence-electron chi connectivity index (χ4n) is 1.73. The first-order valence-electron chi connectivity index (χ1n) is 5.46. The van der Waals surface area contributed by atoms with Crippen LogP contribution in [0, 0.1) is 6.92 Å². The topological polar surface area (TPSA) is 17.1 Å². The number of aryl methyl sites for hydroxylation is 2. The third-order valence-electron chi connectivity index (χ3n) is 2.58. The van der Waals surface area contributed by atoms with Crippen molar-refractivity contribution in [2.24, 2.45) is 0 Å². The number of ketones is 1. The quantitative estimate of drug-likeness (QED) is 0.742. The molecule has 3 heteroatoms. The van der Waals surface area contributed by atoms with Gasteiger partial charge in [0.25, 0.3) is 0 Å². The predicted molar refractivity (Wildman–Crippen MR) is 73.2 cm³/mol. The molecule has 0 unspecified atom stereocenters. The number of carbonyl (C=O) groups excluding carboxylic acids is 1. The van der Waals surface area contributed by atoms with Gasteiger partial charge in [0, 0.05) is 17.0 Å². The van der Waals surface area contributed by atoms with Gasteiger partial charge in [0.1, 0.15) is 0 Å². The van der Waals surface area contributed by atoms with Gasteiger partial charge in [-0.2, -0.15) is 11.3 Å². The van der Waals surface area contributed by atoms with Crippen molar-refractivity contribution in [3.05, 3.63) is 56.7 Å². The lowest BCUT2D eigenvalue weighted by Gasteiger charge is -2.03. The zero-order valence-corrected chi connectivity index (χ0v) is 11.1. The van der Waals surface area contributed by atoms with Crippen molar-refractivity contribution < 1.29 is 4.79 Å². The van der Waals surface area contributed by atoms with Crippen LogP contribution in [0.15, 0.2) is 35.0 Å². The molecule has 1 aromatic carbocycles. The average molecular weight is 265 g/mol. The number of hydrogen-bond donors (Lipinski definition) is 0. The first-order chi connectivity index (χ1) is 8.15. The second-order valence-electron chi connectivity index (χ2n) is 4.07. The molecule has 1 nitrogen and oxygen atoms in total. The first kappa shape index (κ1) is 12.3. The van der Waals surface area contributed by atoms with E-state index < -0.39 is 0 Å². The van der Waals surface area contributed by atoms with E-state index in [1.807, 2.05) is 24.4 Å². The van der Waals surface area contributed by atoms with E-state index in [2.05, 4.69) is 11.4 Å². The number of benzene rings is 1. The fourth-order valence-corrected chi connectivity index (χ4v) is 2.73. The number of halogens is 1. The summed E-state index contributed by atoms with van der Waals surface area (Å²) in [6.07, 6.45) is 1.34. The minimum Gasteiger partial charge on any atom is -0.294 e. The van der Waals surface area contributed by atoms with Crippen molar-refractivity contribution in [1.82, 2.24) is 0 Å². The third-order valence-corrected chi connectivity index (χ3v) is 3.54. The van der Waals surface area contributed by atoms with Crippen LogP contribution in [0.4, 0.5) is 0 Å². The number of carbonyl (C=O) groups is 1. The Balaban J connectivity index is 2.04. The van der Waals surface area contributed by atoms with E-state index in [1.54, 1.807) is 17.4 Å². The summed E-state index contributed by atoms with van der Waals surface area (Å²) < 4.78 is 0. The highest BCUT2D eigenvalue weighted by Gasteiger charge is 2.07. The standard InChI is InChI=1S/C14H13ClOS/c1-10-6-12(8-13(15)7-10)14(16)3-2-11-4-5-17-9-11/h4-9H,2-3H2,1H3. The summed E-state index contributed by atoms with van der Waals surface area (Å²) in [5.41, 5.74) is 2.96. The number of rotatable bonds is 4. The van der Waals surface area contributed by atoms with E-state index in [1.165, 1.54) is 5.56 Å². The highest BCUT2D eigenvalue weighted by Crippen LogP contribution is 2.17. The molecule has 0 amide bonds. The Hall–Kier alpha value is -1.12. The Morgan fingerprint density at radius 1 is 1.35 bits per heavy atom. The lowest BCUT2D eigenvalue weighted by Crippen LogP contribution is -2.01. The van der Waals surface area contributed by atoms with Crippen molar-refractivity contribution in [2.75, 3.05) is 0 Å². The Kier molecular flexibility index (Phi) is 3.97. The molecule has 1 heterocycles. The highest BCUT2D eigenvalue weighted by molar-refractivity contribution is 7.07. The average Bonchev–Trinajstić information content (AvgIpc) is 2.77. The van der Waals surface area contributed by atoms with E-state index in [4.69, 9.17) is 11.6 Å². The van der Waals surface area contributed by atoms with E-state index in [0.29, 0.717) is 17.0 Å². The van der Waals surface area contributed by atoms with Crippen molar-refractivity contribution in [3.8, 4) is 0 Å². The Bertz CT molecular complexity index is 497. The smallest absolute Gasteiger partial charge is 0.163 e. The molecule has 0 saturated carbocycles. The van der Waals surface area contributed by atoms with E-state index in [9.17, 15) is 4.79 Å². The molecule has 0 aliphatic heterocycles. The molecule has 0 radical (unpaired) electrons. The molecule has 0 bridgehead atoms. The predicted octanol–water partition coefficient (Wildman–Crippen LogP) is 4.53. The van der Waals surface area contributed by atoms with E-state index in [-0.39, 0.29) is 5.78 Å². The molecule has 0 aliphatic carbocycles. The van der Waals surface area contributed by atoms with Gasteiger partial charge in [0.05, 0.1) is 0 Å². The summed E-state index contributed by atoms with van der Waals surface area (Å²) in [6.45, 7) is 1.95. The highest BCUT2D eigenvalue weighted by atomic mass is 35.5. The molecule has 0 fully saturated rings. The van der Waals surface area contributed by atoms with Gasteiger partial charge in [-0.25, -0.2) is 0 Å². The molecule has 2 aromatic rings. The summed E-state index contributed by atoms with van der Waals surface area (Å²) >= 11 is 7.60. The zero-order valence-electron chi connectivity index (χ0n) is 9.57. The summed E-state index contributed by atoms with van der Waals surface area (Å²) in [6, 6.07) is 7.55. The molecule has 0 aliphatic rings. The number of hydrogen-bond acceptors (Lipinski definition) is 2. The van der Waals surface area contributed by atoms with Crippen LogP contribution in [0.25, 0.3) is 0 Å². The SMILES string of the molecule is Cc1cc(Cl)cc(C(=O)CCc2ccsc2)c1. The third kappa shape index (κ3) is 3.42. The molecule has 0 spiro atoms. The van der Waals surface area contributed by atoms with Crippen molar-refractivity contribution in [3.63, 3.8) is 0 Å².